The number of anilines is 1. The second kappa shape index (κ2) is 4.77. The molecule has 24 heavy (non-hydrogen) atoms. The molecular formula is C10H5F9N2O3. The fourth-order valence-corrected chi connectivity index (χ4v) is 1.72. The lowest BCUT2D eigenvalue weighted by atomic mass is 9.99. The minimum atomic E-state index is -6.73. The molecule has 0 aromatic carbocycles. The zero-order valence-corrected chi connectivity index (χ0v) is 11.2. The fourth-order valence-electron chi connectivity index (χ4n) is 1.72. The van der Waals surface area contributed by atoms with E-state index in [-0.39, 0.29) is 5.76 Å². The first-order valence-electron chi connectivity index (χ1n) is 5.75. The molecule has 0 aliphatic carbocycles. The number of hydrogen-bond donors (Lipinski definition) is 1. The van der Waals surface area contributed by atoms with Gasteiger partial charge in [-0.25, -0.2) is 0 Å². The van der Waals surface area contributed by atoms with Crippen LogP contribution < -0.4 is 5.32 Å². The smallest absolute Gasteiger partial charge is 0.360 e. The van der Waals surface area contributed by atoms with Gasteiger partial charge in [0.1, 0.15) is 5.76 Å². The number of amides is 1. The van der Waals surface area contributed by atoms with Crippen LogP contribution in [0.5, 0.6) is 0 Å². The highest BCUT2D eigenvalue weighted by Gasteiger charge is 2.96. The maximum absolute atomic E-state index is 13.8. The Kier molecular flexibility index (Phi) is 3.64. The highest BCUT2D eigenvalue weighted by atomic mass is 19.4. The monoisotopic (exact) mass is 372 g/mol. The Morgan fingerprint density at radius 3 is 2.04 bits per heavy atom. The van der Waals surface area contributed by atoms with Crippen molar-refractivity contribution in [3.63, 3.8) is 0 Å². The second-order valence-electron chi connectivity index (χ2n) is 4.71. The summed E-state index contributed by atoms with van der Waals surface area (Å²) in [5.41, 5.74) is 0. The van der Waals surface area contributed by atoms with Gasteiger partial charge in [0.05, 0.1) is 0 Å². The van der Waals surface area contributed by atoms with Crippen LogP contribution in [0, 0.1) is 6.92 Å². The number of aryl methyl sites for hydroxylation is 1. The van der Waals surface area contributed by atoms with Crippen molar-refractivity contribution in [3.8, 4) is 0 Å². The molecule has 1 fully saturated rings. The van der Waals surface area contributed by atoms with Crippen molar-refractivity contribution in [1.29, 1.82) is 0 Å². The van der Waals surface area contributed by atoms with Gasteiger partial charge in [0.25, 0.3) is 0 Å². The van der Waals surface area contributed by atoms with E-state index in [2.05, 4.69) is 14.4 Å². The maximum atomic E-state index is 13.8. The van der Waals surface area contributed by atoms with Crippen LogP contribution in [0.2, 0.25) is 0 Å². The minimum Gasteiger partial charge on any atom is -0.360 e. The molecule has 14 heteroatoms. The highest BCUT2D eigenvalue weighted by molar-refractivity contribution is 5.96. The molecule has 1 aromatic heterocycles. The highest BCUT2D eigenvalue weighted by Crippen LogP contribution is 2.64. The summed E-state index contributed by atoms with van der Waals surface area (Å²) in [5, 5.41) is 3.99. The second-order valence-corrected chi connectivity index (χ2v) is 4.71. The molecular weight excluding hydrogens is 367 g/mol. The van der Waals surface area contributed by atoms with Gasteiger partial charge < -0.3 is 9.84 Å². The summed E-state index contributed by atoms with van der Waals surface area (Å²) in [4.78, 5) is 11.3. The lowest BCUT2D eigenvalue weighted by Gasteiger charge is -2.31. The van der Waals surface area contributed by atoms with Crippen LogP contribution in [0.3, 0.4) is 0 Å². The van der Waals surface area contributed by atoms with Crippen LogP contribution >= 0.6 is 0 Å². The number of carbonyl (C=O) groups is 1. The summed E-state index contributed by atoms with van der Waals surface area (Å²) in [5.74, 6) is -29.7. The topological polar surface area (TPSA) is 64.4 Å². The summed E-state index contributed by atoms with van der Waals surface area (Å²) in [7, 11) is 0. The van der Waals surface area contributed by atoms with Crippen LogP contribution in [-0.4, -0.2) is 40.8 Å². The molecule has 0 spiro atoms. The average Bonchev–Trinajstić information content (AvgIpc) is 2.85. The Labute approximate surface area is 125 Å². The number of nitrogens with zero attached hydrogens (tertiary/aromatic N) is 1. The molecule has 0 saturated carbocycles. The molecule has 1 aliphatic heterocycles. The number of carbonyl (C=O) groups excluding carboxylic acids is 1. The van der Waals surface area contributed by atoms with Gasteiger partial charge >= 0.3 is 35.6 Å². The predicted molar refractivity (Wildman–Crippen MR) is 54.6 cm³/mol. The first kappa shape index (κ1) is 18.4. The van der Waals surface area contributed by atoms with E-state index in [0.717, 1.165) is 11.4 Å². The number of hydrogen-bond acceptors (Lipinski definition) is 4. The third-order valence-electron chi connectivity index (χ3n) is 2.99. The van der Waals surface area contributed by atoms with Crippen molar-refractivity contribution in [1.82, 2.24) is 5.16 Å². The molecule has 1 atom stereocenters. The van der Waals surface area contributed by atoms with E-state index in [9.17, 15) is 44.3 Å². The molecule has 1 aliphatic rings. The summed E-state index contributed by atoms with van der Waals surface area (Å²) >= 11 is 0. The Hall–Kier alpha value is -1.99. The summed E-state index contributed by atoms with van der Waals surface area (Å²) in [6.45, 7) is 1.22. The molecule has 2 rings (SSSR count). The van der Waals surface area contributed by atoms with Crippen molar-refractivity contribution in [3.05, 3.63) is 11.8 Å². The third kappa shape index (κ3) is 2.08. The third-order valence-corrected chi connectivity index (χ3v) is 2.99. The Bertz CT molecular complexity index is 674. The number of halogens is 9. The average molecular weight is 372 g/mol. The first-order valence-corrected chi connectivity index (χ1v) is 5.75. The van der Waals surface area contributed by atoms with Gasteiger partial charge in [0.15, 0.2) is 5.82 Å². The van der Waals surface area contributed by atoms with E-state index in [1.165, 1.54) is 6.92 Å². The Balaban J connectivity index is 2.42. The zero-order valence-electron chi connectivity index (χ0n) is 11.2. The molecule has 2 heterocycles. The van der Waals surface area contributed by atoms with Crippen LogP contribution in [-0.2, 0) is 9.53 Å². The number of aromatic nitrogens is 1. The van der Waals surface area contributed by atoms with Crippen LogP contribution in [0.15, 0.2) is 10.6 Å². The SMILES string of the molecule is Cc1cc(NC(=O)C(F)(F)[C@]2(F)OC(F)(F)C(F)(F)C2(F)F)no1. The van der Waals surface area contributed by atoms with Gasteiger partial charge in [0.2, 0.25) is 0 Å². The molecule has 1 N–H and O–H groups in total. The van der Waals surface area contributed by atoms with Gasteiger partial charge in [0, 0.05) is 6.07 Å². The Morgan fingerprint density at radius 2 is 1.67 bits per heavy atom. The van der Waals surface area contributed by atoms with Gasteiger partial charge in [-0.15, -0.1) is 0 Å². The molecule has 1 saturated heterocycles. The van der Waals surface area contributed by atoms with Crippen molar-refractivity contribution in [2.24, 2.45) is 0 Å². The van der Waals surface area contributed by atoms with E-state index >= 15 is 0 Å². The van der Waals surface area contributed by atoms with Crippen molar-refractivity contribution in [2.75, 3.05) is 5.32 Å². The van der Waals surface area contributed by atoms with Gasteiger partial charge in [-0.1, -0.05) is 5.16 Å². The molecule has 0 unspecified atom stereocenters. The van der Waals surface area contributed by atoms with E-state index in [1.54, 1.807) is 0 Å². The normalized spacial score (nSPS) is 27.9. The summed E-state index contributed by atoms with van der Waals surface area (Å²) in [6.07, 6.45) is -6.29. The lowest BCUT2D eigenvalue weighted by Crippen LogP contribution is -2.63. The maximum Gasteiger partial charge on any atom is 0.428 e. The molecule has 1 aromatic rings. The largest absolute Gasteiger partial charge is 0.428 e. The number of ether oxygens (including phenoxy) is 1. The first-order chi connectivity index (χ1) is 10.6. The van der Waals surface area contributed by atoms with E-state index in [1.807, 2.05) is 0 Å². The number of nitrogens with one attached hydrogen (secondary N) is 1. The van der Waals surface area contributed by atoms with Gasteiger partial charge in [-0.2, -0.15) is 39.5 Å². The molecule has 1 amide bonds. The lowest BCUT2D eigenvalue weighted by molar-refractivity contribution is -0.366. The molecule has 0 radical (unpaired) electrons. The number of alkyl halides is 9. The van der Waals surface area contributed by atoms with Crippen LogP contribution in [0.1, 0.15) is 5.76 Å². The van der Waals surface area contributed by atoms with Crippen LogP contribution in [0.25, 0.3) is 0 Å². The quantitative estimate of drug-likeness (QED) is 0.829. The van der Waals surface area contributed by atoms with E-state index in [4.69, 9.17) is 0 Å². The number of rotatable bonds is 3. The zero-order chi connectivity index (χ0) is 18.8. The molecule has 136 valence electrons. The molecule has 5 nitrogen and oxygen atoms in total. The predicted octanol–water partition coefficient (Wildman–Crippen LogP) is 3.12. The van der Waals surface area contributed by atoms with Crippen molar-refractivity contribution in [2.45, 2.75) is 36.7 Å². The fraction of sp³-hybridized carbons (Fsp3) is 0.600. The van der Waals surface area contributed by atoms with Crippen LogP contribution in [0.4, 0.5) is 45.3 Å². The molecule has 0 bridgehead atoms. The van der Waals surface area contributed by atoms with E-state index in [0.29, 0.717) is 0 Å². The van der Waals surface area contributed by atoms with Gasteiger partial charge in [-0.05, 0) is 6.92 Å². The summed E-state index contributed by atoms with van der Waals surface area (Å²) < 4.78 is 126. The summed E-state index contributed by atoms with van der Waals surface area (Å²) in [6, 6.07) is 0.774. The Morgan fingerprint density at radius 1 is 1.12 bits per heavy atom. The van der Waals surface area contributed by atoms with E-state index < -0.39 is 41.5 Å². The van der Waals surface area contributed by atoms with Crippen molar-refractivity contribution >= 4 is 11.7 Å². The van der Waals surface area contributed by atoms with Crippen molar-refractivity contribution < 1.29 is 53.6 Å². The minimum absolute atomic E-state index is 0.0657. The van der Waals surface area contributed by atoms with Gasteiger partial charge in [-0.3, -0.25) is 9.53 Å². The standard InChI is InChI=1S/C10H5F9N2O3/c1-3-2-4(21-23-3)20-5(22)6(11,12)9(17)7(13,14)8(15,16)10(18,19)24-9/h2H,1H3,(H,20,21,22)/t9-/m0/s1.